The van der Waals surface area contributed by atoms with Crippen molar-refractivity contribution in [2.75, 3.05) is 11.9 Å². The Bertz CT molecular complexity index is 875. The Morgan fingerprint density at radius 3 is 2.75 bits per heavy atom. The second-order valence-electron chi connectivity index (χ2n) is 5.92. The van der Waals surface area contributed by atoms with Crippen LogP contribution in [-0.2, 0) is 5.54 Å². The average molecular weight is 333 g/mol. The second-order valence-corrected chi connectivity index (χ2v) is 5.92. The number of benzene rings is 1. The molecule has 8 heteroatoms. The lowest BCUT2D eigenvalue weighted by molar-refractivity contribution is 0.141. The number of hydrogen-bond donors (Lipinski definition) is 1. The van der Waals surface area contributed by atoms with E-state index in [1.54, 1.807) is 6.20 Å². The van der Waals surface area contributed by atoms with Crippen LogP contribution in [-0.4, -0.2) is 26.3 Å². The van der Waals surface area contributed by atoms with Gasteiger partial charge in [-0.25, -0.2) is 23.1 Å². The number of anilines is 1. The monoisotopic (exact) mass is 333 g/mol. The molecule has 0 spiro atoms. The molecule has 0 unspecified atom stereocenters. The van der Waals surface area contributed by atoms with E-state index in [1.165, 1.54) is 18.2 Å². The van der Waals surface area contributed by atoms with Gasteiger partial charge >= 0.3 is 0 Å². The normalized spacial score (nSPS) is 15.8. The number of halogens is 3. The Kier molecular flexibility index (Phi) is 3.40. The molecule has 0 bridgehead atoms. The number of nitrogens with zero attached hydrogens (tertiary/aromatic N) is 4. The maximum atomic E-state index is 13.5. The van der Waals surface area contributed by atoms with E-state index >= 15 is 0 Å². The molecule has 3 aromatic rings. The summed E-state index contributed by atoms with van der Waals surface area (Å²) < 4.78 is 41.4. The van der Waals surface area contributed by atoms with Gasteiger partial charge in [0.05, 0.1) is 11.1 Å². The third-order valence-corrected chi connectivity index (χ3v) is 4.27. The summed E-state index contributed by atoms with van der Waals surface area (Å²) in [5, 5.41) is 7.72. The molecule has 5 nitrogen and oxygen atoms in total. The number of rotatable bonds is 5. The van der Waals surface area contributed by atoms with Gasteiger partial charge in [0.15, 0.2) is 5.82 Å². The fourth-order valence-electron chi connectivity index (χ4n) is 2.78. The molecule has 1 fully saturated rings. The summed E-state index contributed by atoms with van der Waals surface area (Å²) in [6.07, 6.45) is 2.64. The topological polar surface area (TPSA) is 55.6 Å². The van der Waals surface area contributed by atoms with Gasteiger partial charge in [-0.05, 0) is 37.1 Å². The summed E-state index contributed by atoms with van der Waals surface area (Å²) in [4.78, 5) is 7.69. The highest BCUT2D eigenvalue weighted by atomic mass is 19.3. The molecule has 4 rings (SSSR count). The van der Waals surface area contributed by atoms with Gasteiger partial charge in [0, 0.05) is 24.3 Å². The Hall–Kier alpha value is -2.64. The Labute approximate surface area is 135 Å². The summed E-state index contributed by atoms with van der Waals surface area (Å²) >= 11 is 0. The molecule has 0 saturated heterocycles. The summed E-state index contributed by atoms with van der Waals surface area (Å²) in [6.45, 7) is 0.472. The van der Waals surface area contributed by atoms with Gasteiger partial charge in [-0.15, -0.1) is 0 Å². The number of hydrogen-bond acceptors (Lipinski definition) is 4. The quantitative estimate of drug-likeness (QED) is 0.776. The largest absolute Gasteiger partial charge is 0.367 e. The van der Waals surface area contributed by atoms with E-state index in [0.717, 1.165) is 12.8 Å². The number of nitrogens with one attached hydrogen (secondary N) is 1. The summed E-state index contributed by atoms with van der Waals surface area (Å²) in [5.41, 5.74) is 0.104. The first kappa shape index (κ1) is 14.9. The van der Waals surface area contributed by atoms with Crippen LogP contribution in [0.2, 0.25) is 0 Å². The lowest BCUT2D eigenvalue weighted by Gasteiger charge is -2.18. The first-order valence-corrected chi connectivity index (χ1v) is 7.57. The molecule has 0 aliphatic heterocycles. The van der Waals surface area contributed by atoms with Crippen LogP contribution in [0.3, 0.4) is 0 Å². The third kappa shape index (κ3) is 2.57. The van der Waals surface area contributed by atoms with Crippen molar-refractivity contribution in [3.63, 3.8) is 0 Å². The van der Waals surface area contributed by atoms with Gasteiger partial charge in [0.2, 0.25) is 0 Å². The molecular formula is C16H14F3N5. The minimum atomic E-state index is -2.79. The van der Waals surface area contributed by atoms with Crippen LogP contribution in [0, 0.1) is 5.82 Å². The zero-order valence-corrected chi connectivity index (χ0v) is 12.6. The van der Waals surface area contributed by atoms with Gasteiger partial charge in [-0.1, -0.05) is 0 Å². The molecule has 1 aliphatic carbocycles. The van der Waals surface area contributed by atoms with Crippen LogP contribution < -0.4 is 5.32 Å². The number of aromatic nitrogens is 4. The van der Waals surface area contributed by atoms with Crippen molar-refractivity contribution in [2.45, 2.75) is 24.8 Å². The predicted octanol–water partition coefficient (Wildman–Crippen LogP) is 3.50. The molecule has 0 amide bonds. The molecule has 124 valence electrons. The van der Waals surface area contributed by atoms with E-state index in [-0.39, 0.29) is 16.9 Å². The zero-order valence-electron chi connectivity index (χ0n) is 12.6. The van der Waals surface area contributed by atoms with Gasteiger partial charge < -0.3 is 5.32 Å². The van der Waals surface area contributed by atoms with Crippen LogP contribution in [0.15, 0.2) is 36.7 Å². The maximum Gasteiger partial charge on any atom is 0.297 e. The summed E-state index contributed by atoms with van der Waals surface area (Å²) in [5.74, 6) is -0.819. The van der Waals surface area contributed by atoms with Crippen molar-refractivity contribution in [2.24, 2.45) is 0 Å². The van der Waals surface area contributed by atoms with Crippen molar-refractivity contribution in [1.82, 2.24) is 19.7 Å². The summed E-state index contributed by atoms with van der Waals surface area (Å²) in [7, 11) is 0. The van der Waals surface area contributed by atoms with Gasteiger partial charge in [0.25, 0.3) is 6.43 Å². The Morgan fingerprint density at radius 2 is 2.08 bits per heavy atom. The molecule has 1 aliphatic rings. The van der Waals surface area contributed by atoms with Crippen LogP contribution in [0.5, 0.6) is 0 Å². The first-order chi connectivity index (χ1) is 11.6. The standard InChI is InChI=1S/C16H14F3N5/c17-10-2-3-12-11(8-10)14(23-15(22-12)13(18)19)20-9-16(4-5-16)24-7-1-6-21-24/h1-3,6-8,13H,4-5,9H2,(H,20,22,23). The highest BCUT2D eigenvalue weighted by molar-refractivity contribution is 5.89. The fourth-order valence-corrected chi connectivity index (χ4v) is 2.78. The average Bonchev–Trinajstić information content (AvgIpc) is 3.15. The third-order valence-electron chi connectivity index (χ3n) is 4.27. The van der Waals surface area contributed by atoms with Crippen LogP contribution >= 0.6 is 0 Å². The molecule has 0 radical (unpaired) electrons. The van der Waals surface area contributed by atoms with Crippen molar-refractivity contribution in [1.29, 1.82) is 0 Å². The number of fused-ring (bicyclic) bond motifs is 1. The van der Waals surface area contributed by atoms with Crippen molar-refractivity contribution in [3.05, 3.63) is 48.3 Å². The molecule has 2 aromatic heterocycles. The van der Waals surface area contributed by atoms with Crippen molar-refractivity contribution >= 4 is 16.7 Å². The summed E-state index contributed by atoms with van der Waals surface area (Å²) in [6, 6.07) is 5.66. The molecule has 1 N–H and O–H groups in total. The molecule has 2 heterocycles. The molecule has 1 saturated carbocycles. The van der Waals surface area contributed by atoms with E-state index in [0.29, 0.717) is 11.9 Å². The van der Waals surface area contributed by atoms with E-state index in [1.807, 2.05) is 16.9 Å². The fraction of sp³-hybridized carbons (Fsp3) is 0.312. The van der Waals surface area contributed by atoms with Crippen LogP contribution in [0.1, 0.15) is 25.1 Å². The van der Waals surface area contributed by atoms with E-state index in [4.69, 9.17) is 0 Å². The van der Waals surface area contributed by atoms with Crippen molar-refractivity contribution < 1.29 is 13.2 Å². The van der Waals surface area contributed by atoms with E-state index < -0.39 is 18.1 Å². The molecule has 0 atom stereocenters. The minimum absolute atomic E-state index is 0.181. The molecule has 1 aromatic carbocycles. The van der Waals surface area contributed by atoms with E-state index in [9.17, 15) is 13.2 Å². The van der Waals surface area contributed by atoms with Crippen LogP contribution in [0.25, 0.3) is 10.9 Å². The lowest BCUT2D eigenvalue weighted by atomic mass is 10.2. The lowest BCUT2D eigenvalue weighted by Crippen LogP contribution is -2.27. The van der Waals surface area contributed by atoms with Crippen LogP contribution in [0.4, 0.5) is 19.0 Å². The van der Waals surface area contributed by atoms with E-state index in [2.05, 4.69) is 20.4 Å². The Balaban J connectivity index is 1.69. The van der Waals surface area contributed by atoms with Gasteiger partial charge in [-0.2, -0.15) is 5.10 Å². The number of alkyl halides is 2. The smallest absolute Gasteiger partial charge is 0.297 e. The zero-order chi connectivity index (χ0) is 16.7. The highest BCUT2D eigenvalue weighted by Crippen LogP contribution is 2.43. The van der Waals surface area contributed by atoms with Gasteiger partial charge in [0.1, 0.15) is 11.6 Å². The molecule has 24 heavy (non-hydrogen) atoms. The predicted molar refractivity (Wildman–Crippen MR) is 82.4 cm³/mol. The second kappa shape index (κ2) is 5.47. The van der Waals surface area contributed by atoms with Crippen molar-refractivity contribution in [3.8, 4) is 0 Å². The first-order valence-electron chi connectivity index (χ1n) is 7.57. The minimum Gasteiger partial charge on any atom is -0.367 e. The SMILES string of the molecule is Fc1ccc2nc(C(F)F)nc(NCC3(n4cccn4)CC3)c2c1. The maximum absolute atomic E-state index is 13.5. The Morgan fingerprint density at radius 1 is 1.25 bits per heavy atom. The van der Waals surface area contributed by atoms with Gasteiger partial charge in [-0.3, -0.25) is 4.68 Å². The highest BCUT2D eigenvalue weighted by Gasteiger charge is 2.45. The molecular weight excluding hydrogens is 319 g/mol.